The molecule has 0 aromatic heterocycles. The Kier molecular flexibility index (Phi) is 8.87. The van der Waals surface area contributed by atoms with E-state index in [1.807, 2.05) is 13.8 Å². The first-order valence-electron chi connectivity index (χ1n) is 9.17. The molecule has 6 nitrogen and oxygen atoms in total. The molecule has 1 N–H and O–H groups in total. The summed E-state index contributed by atoms with van der Waals surface area (Å²) >= 11 is 6.13. The molecule has 0 aliphatic carbocycles. The molecule has 0 saturated carbocycles. The van der Waals surface area contributed by atoms with Gasteiger partial charge in [0.1, 0.15) is 12.4 Å². The molecule has 0 spiro atoms. The second kappa shape index (κ2) is 11.6. The van der Waals surface area contributed by atoms with Gasteiger partial charge in [-0.15, -0.1) is 6.42 Å². The quantitative estimate of drug-likeness (QED) is 0.357. The number of halogens is 1. The van der Waals surface area contributed by atoms with E-state index >= 15 is 0 Å². The van der Waals surface area contributed by atoms with Crippen LogP contribution in [0, 0.1) is 12.3 Å². The summed E-state index contributed by atoms with van der Waals surface area (Å²) in [5.41, 5.74) is 3.58. The van der Waals surface area contributed by atoms with Gasteiger partial charge in [0.25, 0.3) is 5.91 Å². The number of carbonyl (C=O) groups excluding carboxylic acids is 1. The third kappa shape index (κ3) is 6.74. The molecule has 7 heteroatoms. The maximum Gasteiger partial charge on any atom is 0.271 e. The molecule has 0 radical (unpaired) electrons. The number of ether oxygens (including phenoxy) is 3. The van der Waals surface area contributed by atoms with E-state index in [-0.39, 0.29) is 12.5 Å². The first kappa shape index (κ1) is 22.1. The molecule has 0 unspecified atom stereocenters. The smallest absolute Gasteiger partial charge is 0.271 e. The van der Waals surface area contributed by atoms with E-state index in [1.54, 1.807) is 36.4 Å². The predicted octanol–water partition coefficient (Wildman–Crippen LogP) is 4.30. The molecular formula is C22H23ClN2O4. The number of rotatable bonds is 10. The highest BCUT2D eigenvalue weighted by Crippen LogP contribution is 2.29. The molecule has 0 heterocycles. The lowest BCUT2D eigenvalue weighted by Gasteiger charge is -2.12. The summed E-state index contributed by atoms with van der Waals surface area (Å²) in [5.74, 6) is 3.62. The number of terminal acetylenes is 1. The van der Waals surface area contributed by atoms with E-state index in [1.165, 1.54) is 6.21 Å². The Morgan fingerprint density at radius 1 is 1.14 bits per heavy atom. The van der Waals surface area contributed by atoms with Crippen LogP contribution < -0.4 is 19.6 Å². The van der Waals surface area contributed by atoms with Gasteiger partial charge in [-0.3, -0.25) is 4.79 Å². The third-order valence-corrected chi connectivity index (χ3v) is 3.91. The van der Waals surface area contributed by atoms with E-state index in [9.17, 15) is 4.79 Å². The van der Waals surface area contributed by atoms with Gasteiger partial charge < -0.3 is 14.2 Å². The number of nitrogens with one attached hydrogen (secondary N) is 1. The van der Waals surface area contributed by atoms with Crippen molar-refractivity contribution in [3.05, 3.63) is 52.5 Å². The van der Waals surface area contributed by atoms with Gasteiger partial charge in [-0.25, -0.2) is 5.43 Å². The molecule has 1 amide bonds. The second-order valence-corrected chi connectivity index (χ2v) is 6.23. The Morgan fingerprint density at radius 2 is 1.93 bits per heavy atom. The van der Waals surface area contributed by atoms with Crippen LogP contribution in [0.5, 0.6) is 17.2 Å². The predicted molar refractivity (Wildman–Crippen MR) is 114 cm³/mol. The summed E-state index contributed by atoms with van der Waals surface area (Å²) in [7, 11) is 0. The number of amides is 1. The topological polar surface area (TPSA) is 69.2 Å². The number of nitrogens with zero attached hydrogens (tertiary/aromatic N) is 1. The minimum atomic E-state index is -0.371. The summed E-state index contributed by atoms with van der Waals surface area (Å²) in [5, 5.41) is 4.37. The third-order valence-electron chi connectivity index (χ3n) is 3.61. The van der Waals surface area contributed by atoms with Crippen LogP contribution in [0.3, 0.4) is 0 Å². The van der Waals surface area contributed by atoms with E-state index in [2.05, 4.69) is 16.4 Å². The van der Waals surface area contributed by atoms with Crippen molar-refractivity contribution in [2.45, 2.75) is 20.3 Å². The van der Waals surface area contributed by atoms with Crippen molar-refractivity contribution in [1.82, 2.24) is 5.43 Å². The molecule has 2 aromatic rings. The fraction of sp³-hybridized carbons (Fsp3) is 0.273. The van der Waals surface area contributed by atoms with E-state index in [4.69, 9.17) is 32.2 Å². The van der Waals surface area contributed by atoms with E-state index in [0.717, 1.165) is 6.42 Å². The zero-order chi connectivity index (χ0) is 21.1. The van der Waals surface area contributed by atoms with Crippen LogP contribution in [0.15, 0.2) is 41.5 Å². The minimum absolute atomic E-state index is 0.134. The van der Waals surface area contributed by atoms with Crippen LogP contribution in [0.25, 0.3) is 0 Å². The average Bonchev–Trinajstić information content (AvgIpc) is 2.72. The fourth-order valence-electron chi connectivity index (χ4n) is 2.31. The fourth-order valence-corrected chi connectivity index (χ4v) is 2.56. The lowest BCUT2D eigenvalue weighted by Crippen LogP contribution is -2.17. The molecule has 0 aliphatic rings. The monoisotopic (exact) mass is 414 g/mol. The first-order valence-corrected chi connectivity index (χ1v) is 9.55. The number of benzene rings is 2. The van der Waals surface area contributed by atoms with Gasteiger partial charge in [-0.1, -0.05) is 24.4 Å². The Balaban J connectivity index is 2.03. The molecule has 0 atom stereocenters. The van der Waals surface area contributed by atoms with Gasteiger partial charge in [0, 0.05) is 5.56 Å². The van der Waals surface area contributed by atoms with E-state index in [0.29, 0.717) is 46.6 Å². The van der Waals surface area contributed by atoms with Crippen molar-refractivity contribution < 1.29 is 19.0 Å². The maximum absolute atomic E-state index is 12.4. The van der Waals surface area contributed by atoms with Crippen molar-refractivity contribution in [3.8, 4) is 29.6 Å². The molecule has 29 heavy (non-hydrogen) atoms. The molecule has 0 fully saturated rings. The summed E-state index contributed by atoms with van der Waals surface area (Å²) in [6.07, 6.45) is 7.52. The minimum Gasteiger partial charge on any atom is -0.490 e. The number of hydrogen-bond donors (Lipinski definition) is 1. The highest BCUT2D eigenvalue weighted by molar-refractivity contribution is 6.32. The zero-order valence-corrected chi connectivity index (χ0v) is 17.2. The van der Waals surface area contributed by atoms with Gasteiger partial charge in [0.15, 0.2) is 11.5 Å². The standard InChI is InChI=1S/C22H23ClN2O4/c1-4-11-28-19-9-7-16(13-18(19)23)15-24-25-22(26)17-8-10-20(29-12-5-2)21(14-17)27-6-3/h1,7-10,13-15H,5-6,11-12H2,2-3H3,(H,25,26)/b24-15+. The van der Waals surface area contributed by atoms with Crippen molar-refractivity contribution in [2.75, 3.05) is 19.8 Å². The normalized spacial score (nSPS) is 10.4. The lowest BCUT2D eigenvalue weighted by molar-refractivity contribution is 0.0954. The van der Waals surface area contributed by atoms with Crippen LogP contribution in [0.4, 0.5) is 0 Å². The highest BCUT2D eigenvalue weighted by atomic mass is 35.5. The molecule has 2 rings (SSSR count). The Morgan fingerprint density at radius 3 is 2.62 bits per heavy atom. The molecule has 0 saturated heterocycles. The summed E-state index contributed by atoms with van der Waals surface area (Å²) in [6.45, 7) is 5.06. The van der Waals surface area contributed by atoms with Crippen molar-refractivity contribution >= 4 is 23.7 Å². The number of carbonyl (C=O) groups is 1. The van der Waals surface area contributed by atoms with E-state index < -0.39 is 0 Å². The Bertz CT molecular complexity index is 906. The van der Waals surface area contributed by atoms with Crippen molar-refractivity contribution in [1.29, 1.82) is 0 Å². The Hall–Kier alpha value is -3.17. The van der Waals surface area contributed by atoms with Crippen LogP contribution in [0.1, 0.15) is 36.2 Å². The second-order valence-electron chi connectivity index (χ2n) is 5.82. The van der Waals surface area contributed by atoms with Crippen LogP contribution in [0.2, 0.25) is 5.02 Å². The van der Waals surface area contributed by atoms with Gasteiger partial charge in [-0.05, 0) is 55.3 Å². The summed E-state index contributed by atoms with van der Waals surface area (Å²) < 4.78 is 16.5. The van der Waals surface area contributed by atoms with Crippen molar-refractivity contribution in [2.24, 2.45) is 5.10 Å². The summed E-state index contributed by atoms with van der Waals surface area (Å²) in [4.78, 5) is 12.4. The Labute approximate surface area is 175 Å². The van der Waals surface area contributed by atoms with Gasteiger partial charge in [0.2, 0.25) is 0 Å². The first-order chi connectivity index (χ1) is 14.1. The zero-order valence-electron chi connectivity index (χ0n) is 16.4. The van der Waals surface area contributed by atoms with Crippen LogP contribution >= 0.6 is 11.6 Å². The average molecular weight is 415 g/mol. The molecule has 2 aromatic carbocycles. The van der Waals surface area contributed by atoms with Gasteiger partial charge in [-0.2, -0.15) is 5.10 Å². The van der Waals surface area contributed by atoms with Gasteiger partial charge in [0.05, 0.1) is 24.5 Å². The SMILES string of the molecule is C#CCOc1ccc(/C=N/NC(=O)c2ccc(OCCC)c(OCC)c2)cc1Cl. The molecule has 0 aliphatic heterocycles. The van der Waals surface area contributed by atoms with Gasteiger partial charge >= 0.3 is 0 Å². The van der Waals surface area contributed by atoms with Crippen LogP contribution in [-0.4, -0.2) is 31.9 Å². The molecular weight excluding hydrogens is 392 g/mol. The highest BCUT2D eigenvalue weighted by Gasteiger charge is 2.11. The molecule has 152 valence electrons. The van der Waals surface area contributed by atoms with Crippen LogP contribution in [-0.2, 0) is 0 Å². The van der Waals surface area contributed by atoms with Crippen molar-refractivity contribution in [3.63, 3.8) is 0 Å². The molecule has 0 bridgehead atoms. The summed E-state index contributed by atoms with van der Waals surface area (Å²) in [6, 6.07) is 10.1. The number of hydrogen-bond acceptors (Lipinski definition) is 5. The number of hydrazone groups is 1. The largest absolute Gasteiger partial charge is 0.490 e. The maximum atomic E-state index is 12.4. The lowest BCUT2D eigenvalue weighted by atomic mass is 10.2.